The van der Waals surface area contributed by atoms with Crippen molar-refractivity contribution in [3.05, 3.63) is 30.1 Å². The monoisotopic (exact) mass is 490 g/mol. The first-order chi connectivity index (χ1) is 17.6. The van der Waals surface area contributed by atoms with E-state index in [1.54, 1.807) is 0 Å². The van der Waals surface area contributed by atoms with Gasteiger partial charge in [0.2, 0.25) is 0 Å². The molecule has 36 heavy (non-hydrogen) atoms. The van der Waals surface area contributed by atoms with Gasteiger partial charge in [0, 0.05) is 43.2 Å². The predicted molar refractivity (Wildman–Crippen MR) is 141 cm³/mol. The maximum atomic E-state index is 11.2. The average Bonchev–Trinajstić information content (AvgIpc) is 3.12. The molecule has 3 aliphatic heterocycles. The first-order valence-electron chi connectivity index (χ1n) is 14.8. The summed E-state index contributed by atoms with van der Waals surface area (Å²) in [5, 5.41) is 9.20. The van der Waals surface area contributed by atoms with Gasteiger partial charge in [-0.3, -0.25) is 14.6 Å². The number of hydrogen-bond acceptors (Lipinski definition) is 4. The lowest BCUT2D eigenvalue weighted by atomic mass is 9.73. The van der Waals surface area contributed by atoms with E-state index in [1.807, 2.05) is 4.90 Å². The number of carbonyl (C=O) groups is 1. The number of imidazole rings is 1. The van der Waals surface area contributed by atoms with Gasteiger partial charge in [-0.1, -0.05) is 44.2 Å². The lowest BCUT2D eigenvalue weighted by molar-refractivity contribution is -0.139. The van der Waals surface area contributed by atoms with Gasteiger partial charge in [0.05, 0.1) is 17.6 Å². The van der Waals surface area contributed by atoms with Crippen LogP contribution in [0.2, 0.25) is 0 Å². The van der Waals surface area contributed by atoms with Crippen molar-refractivity contribution in [1.82, 2.24) is 19.4 Å². The van der Waals surface area contributed by atoms with E-state index in [0.717, 1.165) is 36.5 Å². The minimum Gasteiger partial charge on any atom is -0.480 e. The van der Waals surface area contributed by atoms with E-state index in [2.05, 4.69) is 33.7 Å². The molecule has 0 radical (unpaired) electrons. The molecule has 5 aliphatic rings. The predicted octanol–water partition coefficient (Wildman–Crippen LogP) is 5.44. The Balaban J connectivity index is 1.15. The second-order valence-electron chi connectivity index (χ2n) is 12.8. The topological polar surface area (TPSA) is 61.6 Å². The maximum Gasteiger partial charge on any atom is 0.317 e. The minimum absolute atomic E-state index is 0.142. The number of aliphatic carboxylic acids is 1. The van der Waals surface area contributed by atoms with Crippen molar-refractivity contribution in [2.75, 3.05) is 19.6 Å². The van der Waals surface area contributed by atoms with E-state index < -0.39 is 5.97 Å². The zero-order valence-electron chi connectivity index (χ0n) is 21.6. The van der Waals surface area contributed by atoms with Crippen LogP contribution in [0.4, 0.5) is 0 Å². The quantitative estimate of drug-likeness (QED) is 0.605. The summed E-state index contributed by atoms with van der Waals surface area (Å²) in [7, 11) is 0. The zero-order valence-corrected chi connectivity index (χ0v) is 21.6. The van der Waals surface area contributed by atoms with Crippen LogP contribution in [-0.4, -0.2) is 68.2 Å². The van der Waals surface area contributed by atoms with Gasteiger partial charge < -0.3 is 9.67 Å². The normalized spacial score (nSPS) is 35.9. The Morgan fingerprint density at radius 2 is 1.53 bits per heavy atom. The number of carboxylic acid groups (broad SMARTS) is 1. The van der Waals surface area contributed by atoms with Crippen LogP contribution in [0.1, 0.15) is 94.8 Å². The summed E-state index contributed by atoms with van der Waals surface area (Å²) in [4.78, 5) is 21.4. The number of nitrogens with zero attached hydrogens (tertiary/aromatic N) is 4. The maximum absolute atomic E-state index is 11.2. The average molecular weight is 491 g/mol. The molecule has 2 aliphatic carbocycles. The fourth-order valence-corrected chi connectivity index (χ4v) is 9.09. The lowest BCUT2D eigenvalue weighted by Crippen LogP contribution is -2.58. The van der Waals surface area contributed by atoms with Crippen molar-refractivity contribution in [3.63, 3.8) is 0 Å². The molecule has 4 bridgehead atoms. The van der Waals surface area contributed by atoms with Crippen LogP contribution in [0.15, 0.2) is 24.3 Å². The van der Waals surface area contributed by atoms with Crippen molar-refractivity contribution in [2.45, 2.75) is 107 Å². The molecule has 6 heteroatoms. The van der Waals surface area contributed by atoms with Gasteiger partial charge >= 0.3 is 5.97 Å². The van der Waals surface area contributed by atoms with Crippen molar-refractivity contribution >= 4 is 17.0 Å². The molecule has 1 aromatic carbocycles. The van der Waals surface area contributed by atoms with Crippen molar-refractivity contribution in [3.8, 4) is 0 Å². The number of para-hydroxylation sites is 2. The summed E-state index contributed by atoms with van der Waals surface area (Å²) >= 11 is 0. The van der Waals surface area contributed by atoms with Crippen LogP contribution in [0, 0.1) is 11.8 Å². The highest BCUT2D eigenvalue weighted by Gasteiger charge is 2.46. The van der Waals surface area contributed by atoms with Gasteiger partial charge in [0.15, 0.2) is 0 Å². The van der Waals surface area contributed by atoms with Gasteiger partial charge in [0.1, 0.15) is 5.82 Å². The molecule has 2 saturated carbocycles. The van der Waals surface area contributed by atoms with Crippen molar-refractivity contribution in [1.29, 1.82) is 0 Å². The van der Waals surface area contributed by atoms with E-state index in [1.165, 1.54) is 88.4 Å². The summed E-state index contributed by atoms with van der Waals surface area (Å²) in [5.74, 6) is 2.77. The van der Waals surface area contributed by atoms with Gasteiger partial charge in [0.25, 0.3) is 0 Å². The summed E-state index contributed by atoms with van der Waals surface area (Å²) in [5.41, 5.74) is 2.39. The number of carboxylic acids is 1. The fraction of sp³-hybridized carbons (Fsp3) is 0.733. The SMILES string of the molecule is O=C(O)CN1CC(c2nc3ccccc3n2C2CC3CCCC(C2)N3C2CC3CCCCC(C3)C2)C1. The first kappa shape index (κ1) is 23.2. The number of likely N-dealkylation sites (tertiary alicyclic amines) is 1. The Kier molecular flexibility index (Phi) is 6.08. The lowest BCUT2D eigenvalue weighted by Gasteiger charge is -2.55. The smallest absolute Gasteiger partial charge is 0.317 e. The number of fused-ring (bicyclic) bond motifs is 5. The van der Waals surface area contributed by atoms with Crippen LogP contribution >= 0.6 is 0 Å². The Bertz CT molecular complexity index is 1080. The van der Waals surface area contributed by atoms with E-state index in [0.29, 0.717) is 24.0 Å². The molecule has 1 N–H and O–H groups in total. The second-order valence-corrected chi connectivity index (χ2v) is 12.8. The standard InChI is InChI=1S/C30H42N4O2/c35-29(36)19-32-17-22(18-32)30-31-27-10-3-4-11-28(27)34(30)26-15-23-8-5-9-24(16-26)33(23)25-13-20-6-1-2-7-21(12-20)14-25/h3-4,10-11,20-26H,1-2,5-9,12-19H2,(H,35,36). The third-order valence-corrected chi connectivity index (χ3v) is 10.4. The number of hydrogen-bond donors (Lipinski definition) is 1. The molecule has 6 nitrogen and oxygen atoms in total. The molecular formula is C30H42N4O2. The zero-order chi connectivity index (χ0) is 24.2. The van der Waals surface area contributed by atoms with Gasteiger partial charge in [-0.15, -0.1) is 0 Å². The third-order valence-electron chi connectivity index (χ3n) is 10.4. The molecule has 4 unspecified atom stereocenters. The molecule has 0 amide bonds. The summed E-state index contributed by atoms with van der Waals surface area (Å²) in [6.45, 7) is 1.76. The van der Waals surface area contributed by atoms with E-state index in [-0.39, 0.29) is 6.54 Å². The molecule has 7 rings (SSSR count). The Morgan fingerprint density at radius 1 is 0.833 bits per heavy atom. The van der Waals surface area contributed by atoms with Crippen LogP contribution in [0.3, 0.4) is 0 Å². The number of rotatable bonds is 5. The second kappa shape index (κ2) is 9.43. The molecule has 2 aromatic rings. The molecule has 3 saturated heterocycles. The fourth-order valence-electron chi connectivity index (χ4n) is 9.09. The van der Waals surface area contributed by atoms with E-state index in [9.17, 15) is 9.90 Å². The number of benzene rings is 1. The Labute approximate surface area is 215 Å². The third kappa shape index (κ3) is 4.18. The van der Waals surface area contributed by atoms with Crippen LogP contribution in [-0.2, 0) is 4.79 Å². The minimum atomic E-state index is -0.732. The molecule has 5 fully saturated rings. The Hall–Kier alpha value is -1.92. The Morgan fingerprint density at radius 3 is 2.22 bits per heavy atom. The molecule has 194 valence electrons. The highest BCUT2D eigenvalue weighted by atomic mass is 16.4. The molecule has 4 heterocycles. The van der Waals surface area contributed by atoms with E-state index in [4.69, 9.17) is 4.98 Å². The van der Waals surface area contributed by atoms with Crippen LogP contribution in [0.5, 0.6) is 0 Å². The highest BCUT2D eigenvalue weighted by molar-refractivity contribution is 5.76. The summed E-state index contributed by atoms with van der Waals surface area (Å²) < 4.78 is 2.61. The van der Waals surface area contributed by atoms with E-state index >= 15 is 0 Å². The van der Waals surface area contributed by atoms with Crippen LogP contribution < -0.4 is 0 Å². The number of aromatic nitrogens is 2. The van der Waals surface area contributed by atoms with Crippen molar-refractivity contribution in [2.24, 2.45) is 11.8 Å². The number of piperidine rings is 2. The van der Waals surface area contributed by atoms with Crippen molar-refractivity contribution < 1.29 is 9.90 Å². The highest BCUT2D eigenvalue weighted by Crippen LogP contribution is 2.48. The molecule has 1 aromatic heterocycles. The van der Waals surface area contributed by atoms with Gasteiger partial charge in [-0.2, -0.15) is 0 Å². The summed E-state index contributed by atoms with van der Waals surface area (Å²) in [6.07, 6.45) is 16.9. The molecule has 0 spiro atoms. The molecule has 4 atom stereocenters. The largest absolute Gasteiger partial charge is 0.480 e. The summed E-state index contributed by atoms with van der Waals surface area (Å²) in [6, 6.07) is 11.4. The van der Waals surface area contributed by atoms with Gasteiger partial charge in [-0.05, 0) is 68.9 Å². The first-order valence-corrected chi connectivity index (χ1v) is 14.8. The van der Waals surface area contributed by atoms with Gasteiger partial charge in [-0.25, -0.2) is 4.98 Å². The molecular weight excluding hydrogens is 448 g/mol. The van der Waals surface area contributed by atoms with Crippen LogP contribution in [0.25, 0.3) is 11.0 Å².